The summed E-state index contributed by atoms with van der Waals surface area (Å²) in [7, 11) is 0. The first-order valence-electron chi connectivity index (χ1n) is 5.63. The third-order valence-corrected chi connectivity index (χ3v) is 3.14. The smallest absolute Gasteiger partial charge is 0.186 e. The second-order valence-electron chi connectivity index (χ2n) is 4.29. The normalized spacial score (nSPS) is 15.1. The molecule has 1 aromatic heterocycles. The number of hydrogen-bond donors (Lipinski definition) is 2. The lowest BCUT2D eigenvalue weighted by molar-refractivity contribution is 0.442. The Bertz CT molecular complexity index is 536. The van der Waals surface area contributed by atoms with Crippen molar-refractivity contribution < 1.29 is 8.78 Å². The first-order valence-corrected chi connectivity index (χ1v) is 5.63. The average Bonchev–Trinajstić information content (AvgIpc) is 2.76. The van der Waals surface area contributed by atoms with Gasteiger partial charge in [0.15, 0.2) is 11.6 Å². The van der Waals surface area contributed by atoms with E-state index in [1.54, 1.807) is 0 Å². The Morgan fingerprint density at radius 2 is 2.12 bits per heavy atom. The fourth-order valence-corrected chi connectivity index (χ4v) is 1.72. The zero-order chi connectivity index (χ0) is 12.6. The second kappa shape index (κ2) is 4.41. The largest absolute Gasteiger partial charge is 0.341 e. The van der Waals surface area contributed by atoms with Crippen LogP contribution < -0.4 is 5.73 Å². The summed E-state index contributed by atoms with van der Waals surface area (Å²) in [5.41, 5.74) is 6.47. The maximum atomic E-state index is 13.5. The summed E-state index contributed by atoms with van der Waals surface area (Å²) in [6.45, 7) is 4.02. The van der Waals surface area contributed by atoms with Crippen LogP contribution in [0.2, 0.25) is 0 Å². The van der Waals surface area contributed by atoms with Gasteiger partial charge in [0.05, 0.1) is 11.6 Å². The van der Waals surface area contributed by atoms with Crippen LogP contribution in [0.15, 0.2) is 12.1 Å². The first-order chi connectivity index (χ1) is 8.04. The molecule has 0 bridgehead atoms. The number of nitrogens with one attached hydrogen (secondary N) is 1. The molecule has 2 rings (SSSR count). The van der Waals surface area contributed by atoms with Crippen LogP contribution in [-0.2, 0) is 0 Å². The van der Waals surface area contributed by atoms with Gasteiger partial charge in [-0.1, -0.05) is 20.3 Å². The van der Waals surface area contributed by atoms with Gasteiger partial charge in [0, 0.05) is 0 Å². The SMILES string of the molecule is CCC(C)C(N)c1nc2c(F)c(F)ccc2[nH]1. The quantitative estimate of drug-likeness (QED) is 0.865. The van der Waals surface area contributed by atoms with Crippen molar-refractivity contribution in [1.29, 1.82) is 0 Å². The van der Waals surface area contributed by atoms with Gasteiger partial charge in [0.2, 0.25) is 0 Å². The molecule has 0 saturated heterocycles. The molecule has 17 heavy (non-hydrogen) atoms. The lowest BCUT2D eigenvalue weighted by Crippen LogP contribution is -2.19. The van der Waals surface area contributed by atoms with Crippen LogP contribution in [-0.4, -0.2) is 9.97 Å². The Labute approximate surface area is 98.0 Å². The van der Waals surface area contributed by atoms with Crippen LogP contribution >= 0.6 is 0 Å². The summed E-state index contributed by atoms with van der Waals surface area (Å²) in [5.74, 6) is -1.10. The zero-order valence-electron chi connectivity index (χ0n) is 9.80. The Morgan fingerprint density at radius 3 is 2.76 bits per heavy atom. The minimum atomic E-state index is -0.929. The molecule has 0 fully saturated rings. The van der Waals surface area contributed by atoms with Crippen molar-refractivity contribution in [2.75, 3.05) is 0 Å². The number of halogens is 2. The van der Waals surface area contributed by atoms with Gasteiger partial charge in [-0.3, -0.25) is 0 Å². The van der Waals surface area contributed by atoms with Crippen LogP contribution in [0.25, 0.3) is 11.0 Å². The molecule has 3 N–H and O–H groups in total. The number of hydrogen-bond acceptors (Lipinski definition) is 2. The predicted octanol–water partition coefficient (Wildman–Crippen LogP) is 2.89. The van der Waals surface area contributed by atoms with Crippen molar-refractivity contribution in [3.63, 3.8) is 0 Å². The molecule has 1 aromatic carbocycles. The third-order valence-electron chi connectivity index (χ3n) is 3.14. The van der Waals surface area contributed by atoms with E-state index in [-0.39, 0.29) is 17.5 Å². The van der Waals surface area contributed by atoms with Crippen LogP contribution in [0.3, 0.4) is 0 Å². The van der Waals surface area contributed by atoms with Gasteiger partial charge in [0.1, 0.15) is 11.3 Å². The van der Waals surface area contributed by atoms with Crippen LogP contribution in [0, 0.1) is 17.6 Å². The fourth-order valence-electron chi connectivity index (χ4n) is 1.72. The molecule has 1 heterocycles. The lowest BCUT2D eigenvalue weighted by atomic mass is 10.00. The van der Waals surface area contributed by atoms with Crippen molar-refractivity contribution >= 4 is 11.0 Å². The van der Waals surface area contributed by atoms with Crippen molar-refractivity contribution in [3.8, 4) is 0 Å². The number of aromatic amines is 1. The zero-order valence-corrected chi connectivity index (χ0v) is 9.80. The third kappa shape index (κ3) is 2.02. The highest BCUT2D eigenvalue weighted by Gasteiger charge is 2.19. The number of imidazole rings is 1. The summed E-state index contributed by atoms with van der Waals surface area (Å²) in [4.78, 5) is 6.98. The van der Waals surface area contributed by atoms with Gasteiger partial charge in [-0.25, -0.2) is 13.8 Å². The van der Waals surface area contributed by atoms with E-state index in [9.17, 15) is 8.78 Å². The summed E-state index contributed by atoms with van der Waals surface area (Å²) in [5, 5.41) is 0. The molecule has 0 aliphatic carbocycles. The molecule has 2 atom stereocenters. The first kappa shape index (κ1) is 12.0. The number of nitrogens with two attached hydrogens (primary N) is 1. The Hall–Kier alpha value is -1.49. The summed E-state index contributed by atoms with van der Waals surface area (Å²) < 4.78 is 26.5. The minimum Gasteiger partial charge on any atom is -0.341 e. The molecular formula is C12H15F2N3. The molecule has 0 radical (unpaired) electrons. The van der Waals surface area contributed by atoms with E-state index in [0.29, 0.717) is 11.3 Å². The van der Waals surface area contributed by atoms with Crippen LogP contribution in [0.5, 0.6) is 0 Å². The molecule has 0 saturated carbocycles. The van der Waals surface area contributed by atoms with Gasteiger partial charge < -0.3 is 10.7 Å². The molecule has 2 aromatic rings. The molecule has 5 heteroatoms. The molecule has 0 amide bonds. The maximum absolute atomic E-state index is 13.5. The van der Waals surface area contributed by atoms with E-state index in [0.717, 1.165) is 12.5 Å². The highest BCUT2D eigenvalue weighted by molar-refractivity contribution is 5.75. The molecule has 0 aliphatic heterocycles. The molecule has 2 unspecified atom stereocenters. The monoisotopic (exact) mass is 239 g/mol. The number of H-pyrrole nitrogens is 1. The molecule has 0 spiro atoms. The van der Waals surface area contributed by atoms with E-state index >= 15 is 0 Å². The number of benzene rings is 1. The van der Waals surface area contributed by atoms with E-state index in [1.165, 1.54) is 6.07 Å². The highest BCUT2D eigenvalue weighted by Crippen LogP contribution is 2.24. The van der Waals surface area contributed by atoms with Gasteiger partial charge >= 0.3 is 0 Å². The number of fused-ring (bicyclic) bond motifs is 1. The molecular weight excluding hydrogens is 224 g/mol. The van der Waals surface area contributed by atoms with Crippen molar-refractivity contribution in [1.82, 2.24) is 9.97 Å². The van der Waals surface area contributed by atoms with Gasteiger partial charge in [0.25, 0.3) is 0 Å². The molecule has 0 aliphatic rings. The van der Waals surface area contributed by atoms with Gasteiger partial charge in [-0.15, -0.1) is 0 Å². The number of aromatic nitrogens is 2. The summed E-state index contributed by atoms with van der Waals surface area (Å²) >= 11 is 0. The van der Waals surface area contributed by atoms with E-state index < -0.39 is 11.6 Å². The fraction of sp³-hybridized carbons (Fsp3) is 0.417. The predicted molar refractivity (Wildman–Crippen MR) is 62.4 cm³/mol. The van der Waals surface area contributed by atoms with Crippen LogP contribution in [0.4, 0.5) is 8.78 Å². The van der Waals surface area contributed by atoms with Crippen molar-refractivity contribution in [3.05, 3.63) is 29.6 Å². The standard InChI is InChI=1S/C12H15F2N3/c1-3-6(2)10(15)12-16-8-5-4-7(13)9(14)11(8)17-12/h4-6,10H,3,15H2,1-2H3,(H,16,17). The van der Waals surface area contributed by atoms with Crippen molar-refractivity contribution in [2.24, 2.45) is 11.7 Å². The Morgan fingerprint density at radius 1 is 1.41 bits per heavy atom. The Kier molecular flexibility index (Phi) is 3.11. The van der Waals surface area contributed by atoms with Gasteiger partial charge in [-0.2, -0.15) is 0 Å². The lowest BCUT2D eigenvalue weighted by Gasteiger charge is -2.15. The second-order valence-corrected chi connectivity index (χ2v) is 4.29. The molecule has 3 nitrogen and oxygen atoms in total. The highest BCUT2D eigenvalue weighted by atomic mass is 19.2. The minimum absolute atomic E-state index is 0.0127. The maximum Gasteiger partial charge on any atom is 0.186 e. The number of nitrogens with zero attached hydrogens (tertiary/aromatic N) is 1. The molecule has 92 valence electrons. The van der Waals surface area contributed by atoms with Crippen LogP contribution in [0.1, 0.15) is 32.1 Å². The summed E-state index contributed by atoms with van der Waals surface area (Å²) in [6, 6.07) is 2.25. The number of rotatable bonds is 3. The van der Waals surface area contributed by atoms with Gasteiger partial charge in [-0.05, 0) is 18.1 Å². The van der Waals surface area contributed by atoms with E-state index in [1.807, 2.05) is 13.8 Å². The topological polar surface area (TPSA) is 54.7 Å². The van der Waals surface area contributed by atoms with E-state index in [2.05, 4.69) is 9.97 Å². The average molecular weight is 239 g/mol. The van der Waals surface area contributed by atoms with E-state index in [4.69, 9.17) is 5.73 Å². The van der Waals surface area contributed by atoms with Crippen molar-refractivity contribution in [2.45, 2.75) is 26.3 Å². The Balaban J connectivity index is 2.48. The summed E-state index contributed by atoms with van der Waals surface area (Å²) in [6.07, 6.45) is 0.898.